The molecule has 4 nitrogen and oxygen atoms in total. The van der Waals surface area contributed by atoms with Crippen molar-refractivity contribution in [3.8, 4) is 0 Å². The first-order valence-corrected chi connectivity index (χ1v) is 10.8. The second-order valence-electron chi connectivity index (χ2n) is 12.0. The molecule has 1 unspecified atom stereocenters. The molecule has 0 rings (SSSR count). The Labute approximate surface area is 179 Å². The van der Waals surface area contributed by atoms with Gasteiger partial charge in [-0.05, 0) is 47.8 Å². The van der Waals surface area contributed by atoms with Crippen LogP contribution in [0.3, 0.4) is 0 Å². The molecule has 0 aliphatic heterocycles. The van der Waals surface area contributed by atoms with Gasteiger partial charge in [0.05, 0.1) is 5.92 Å². The van der Waals surface area contributed by atoms with Crippen molar-refractivity contribution in [2.45, 2.75) is 95.4 Å². The van der Waals surface area contributed by atoms with Crippen LogP contribution in [0, 0.1) is 27.6 Å². The Morgan fingerprint density at radius 2 is 1.28 bits per heavy atom. The van der Waals surface area contributed by atoms with Crippen molar-refractivity contribution in [3.05, 3.63) is 12.2 Å². The summed E-state index contributed by atoms with van der Waals surface area (Å²) in [6.45, 7) is 27.4. The largest absolute Gasteiger partial charge is 0.462 e. The molecule has 0 aromatic rings. The highest BCUT2D eigenvalue weighted by Gasteiger charge is 2.44. The first-order chi connectivity index (χ1) is 12.8. The third-order valence-electron chi connectivity index (χ3n) is 6.29. The first kappa shape index (κ1) is 27.7. The van der Waals surface area contributed by atoms with E-state index < -0.39 is 5.97 Å². The molecule has 0 radical (unpaired) electrons. The van der Waals surface area contributed by atoms with Crippen LogP contribution in [0.15, 0.2) is 12.2 Å². The number of esters is 2. The topological polar surface area (TPSA) is 52.6 Å². The number of carbonyl (C=O) groups excluding carboxylic acids is 2. The van der Waals surface area contributed by atoms with Gasteiger partial charge in [-0.25, -0.2) is 4.79 Å². The highest BCUT2D eigenvalue weighted by atomic mass is 16.6. The number of hydrogen-bond donors (Lipinski definition) is 0. The van der Waals surface area contributed by atoms with E-state index in [1.165, 1.54) is 0 Å². The summed E-state index contributed by atoms with van der Waals surface area (Å²) in [5.41, 5.74) is 0.450. The Balaban J connectivity index is 5.12. The summed E-state index contributed by atoms with van der Waals surface area (Å²) in [6, 6.07) is 0. The quantitative estimate of drug-likeness (QED) is 0.232. The summed E-state index contributed by atoms with van der Waals surface area (Å²) in [7, 11) is 0. The Bertz CT molecular complexity index is 571. The van der Waals surface area contributed by atoms with Crippen LogP contribution in [-0.2, 0) is 19.1 Å². The van der Waals surface area contributed by atoms with Crippen LogP contribution >= 0.6 is 0 Å². The highest BCUT2D eigenvalue weighted by Crippen LogP contribution is 2.50. The number of rotatable bonds is 10. The zero-order chi connectivity index (χ0) is 23.3. The second-order valence-corrected chi connectivity index (χ2v) is 12.0. The van der Waals surface area contributed by atoms with Gasteiger partial charge in [0.15, 0.2) is 0 Å². The molecule has 29 heavy (non-hydrogen) atoms. The molecule has 0 bridgehead atoms. The molecule has 0 aromatic carbocycles. The summed E-state index contributed by atoms with van der Waals surface area (Å²) in [4.78, 5) is 24.4. The predicted octanol–water partition coefficient (Wildman–Crippen LogP) is 6.58. The fourth-order valence-electron chi connectivity index (χ4n) is 3.06. The van der Waals surface area contributed by atoms with Gasteiger partial charge in [-0.15, -0.1) is 0 Å². The second kappa shape index (κ2) is 10.1. The summed E-state index contributed by atoms with van der Waals surface area (Å²) < 4.78 is 10.5. The zero-order valence-corrected chi connectivity index (χ0v) is 21.0. The molecule has 0 N–H and O–H groups in total. The minimum absolute atomic E-state index is 0.0400. The first-order valence-electron chi connectivity index (χ1n) is 10.8. The van der Waals surface area contributed by atoms with Crippen molar-refractivity contribution >= 4 is 11.9 Å². The molecule has 0 aliphatic rings. The van der Waals surface area contributed by atoms with Crippen LogP contribution in [0.25, 0.3) is 0 Å². The maximum atomic E-state index is 12.9. The van der Waals surface area contributed by atoms with E-state index in [-0.39, 0.29) is 46.8 Å². The lowest BCUT2D eigenvalue weighted by molar-refractivity contribution is -0.159. The van der Waals surface area contributed by atoms with Crippen LogP contribution in [0.4, 0.5) is 0 Å². The van der Waals surface area contributed by atoms with Crippen LogP contribution in [0.1, 0.15) is 95.4 Å². The van der Waals surface area contributed by atoms with Gasteiger partial charge in [0.1, 0.15) is 13.2 Å². The minimum Gasteiger partial charge on any atom is -0.462 e. The van der Waals surface area contributed by atoms with Gasteiger partial charge >= 0.3 is 11.9 Å². The van der Waals surface area contributed by atoms with Crippen molar-refractivity contribution in [2.75, 3.05) is 13.2 Å². The molecule has 1 atom stereocenters. The van der Waals surface area contributed by atoms with E-state index in [2.05, 4.69) is 75.8 Å². The summed E-state index contributed by atoms with van der Waals surface area (Å²) in [5, 5.41) is 0. The maximum Gasteiger partial charge on any atom is 0.333 e. The van der Waals surface area contributed by atoms with Crippen molar-refractivity contribution < 1.29 is 19.1 Å². The predicted molar refractivity (Wildman–Crippen MR) is 121 cm³/mol. The molecule has 0 heterocycles. The van der Waals surface area contributed by atoms with Gasteiger partial charge in [0, 0.05) is 5.57 Å². The van der Waals surface area contributed by atoms with Crippen LogP contribution < -0.4 is 0 Å². The van der Waals surface area contributed by atoms with Crippen molar-refractivity contribution in [1.82, 2.24) is 0 Å². The van der Waals surface area contributed by atoms with E-state index in [4.69, 9.17) is 9.47 Å². The Morgan fingerprint density at radius 3 is 1.69 bits per heavy atom. The summed E-state index contributed by atoms with van der Waals surface area (Å²) >= 11 is 0. The lowest BCUT2D eigenvalue weighted by Gasteiger charge is -2.46. The van der Waals surface area contributed by atoms with Gasteiger partial charge < -0.3 is 9.47 Å². The van der Waals surface area contributed by atoms with Crippen LogP contribution in [0.2, 0.25) is 0 Å². The highest BCUT2D eigenvalue weighted by molar-refractivity contribution is 5.86. The number of ether oxygens (including phenoxy) is 2. The maximum absolute atomic E-state index is 12.9. The lowest BCUT2D eigenvalue weighted by Crippen LogP contribution is -2.41. The van der Waals surface area contributed by atoms with E-state index in [1.54, 1.807) is 6.92 Å². The monoisotopic (exact) mass is 410 g/mol. The average molecular weight is 411 g/mol. The van der Waals surface area contributed by atoms with Crippen molar-refractivity contribution in [2.24, 2.45) is 27.6 Å². The average Bonchev–Trinajstić information content (AvgIpc) is 2.52. The fraction of sp³-hybridized carbons (Fsp3) is 0.840. The van der Waals surface area contributed by atoms with E-state index in [0.717, 1.165) is 19.3 Å². The zero-order valence-electron chi connectivity index (χ0n) is 21.0. The molecule has 0 saturated carbocycles. The fourth-order valence-corrected chi connectivity index (χ4v) is 3.06. The van der Waals surface area contributed by atoms with Gasteiger partial charge in [-0.2, -0.15) is 0 Å². The molecule has 0 aliphatic carbocycles. The molecule has 0 aromatic heterocycles. The Kier molecular flexibility index (Phi) is 9.67. The summed E-state index contributed by atoms with van der Waals surface area (Å²) in [6.07, 6.45) is 2.99. The van der Waals surface area contributed by atoms with Gasteiger partial charge in [0.25, 0.3) is 0 Å². The number of hydrogen-bond acceptors (Lipinski definition) is 4. The molecule has 0 spiro atoms. The minimum atomic E-state index is -0.463. The third kappa shape index (κ3) is 9.82. The molecule has 0 amide bonds. The molecule has 170 valence electrons. The Hall–Kier alpha value is -1.32. The van der Waals surface area contributed by atoms with E-state index >= 15 is 0 Å². The third-order valence-corrected chi connectivity index (χ3v) is 6.29. The summed E-state index contributed by atoms with van der Waals surface area (Å²) in [5.74, 6) is -0.915. The van der Waals surface area contributed by atoms with E-state index in [9.17, 15) is 9.59 Å². The van der Waals surface area contributed by atoms with Crippen LogP contribution in [0.5, 0.6) is 0 Å². The standard InChI is InChI=1S/C25H46O4/c1-18(2)20(26)28-15-16-29-21(27)19(23(6,7)8)17-25(11,12)24(9,10)14-13-22(3,4)5/h19H,1,13-17H2,2-12H3. The molecular formula is C25H46O4. The van der Waals surface area contributed by atoms with Crippen molar-refractivity contribution in [3.63, 3.8) is 0 Å². The SMILES string of the molecule is C=C(C)C(=O)OCCOC(=O)C(CC(C)(C)C(C)(C)CCC(C)(C)C)C(C)(C)C. The van der Waals surface area contributed by atoms with Gasteiger partial charge in [-0.3, -0.25) is 4.79 Å². The molecular weight excluding hydrogens is 364 g/mol. The van der Waals surface area contributed by atoms with E-state index in [0.29, 0.717) is 5.57 Å². The number of carbonyl (C=O) groups is 2. The van der Waals surface area contributed by atoms with Crippen LogP contribution in [-0.4, -0.2) is 25.2 Å². The normalized spacial score (nSPS) is 14.3. The van der Waals surface area contributed by atoms with Gasteiger partial charge in [0.2, 0.25) is 0 Å². The molecule has 4 heteroatoms. The lowest BCUT2D eigenvalue weighted by atomic mass is 9.59. The Morgan fingerprint density at radius 1 is 0.793 bits per heavy atom. The van der Waals surface area contributed by atoms with Gasteiger partial charge in [-0.1, -0.05) is 75.8 Å². The molecule has 0 fully saturated rings. The smallest absolute Gasteiger partial charge is 0.333 e. The van der Waals surface area contributed by atoms with Crippen molar-refractivity contribution in [1.29, 1.82) is 0 Å². The molecule has 0 saturated heterocycles. The van der Waals surface area contributed by atoms with E-state index in [1.807, 2.05) is 0 Å².